The average molecular weight is 344 g/mol. The number of fused-ring (bicyclic) bond motifs is 1. The van der Waals surface area contributed by atoms with Crippen molar-refractivity contribution in [3.05, 3.63) is 53.9 Å². The summed E-state index contributed by atoms with van der Waals surface area (Å²) in [5.74, 6) is 1.46. The molecule has 3 heterocycles. The van der Waals surface area contributed by atoms with E-state index in [1.54, 1.807) is 12.1 Å². The van der Waals surface area contributed by atoms with E-state index in [4.69, 9.17) is 4.74 Å². The Morgan fingerprint density at radius 2 is 2.04 bits per heavy atom. The third-order valence-corrected chi connectivity index (χ3v) is 5.05. The Balaban J connectivity index is 1.48. The van der Waals surface area contributed by atoms with Crippen LogP contribution >= 0.6 is 0 Å². The molecule has 6 heteroatoms. The van der Waals surface area contributed by atoms with Gasteiger partial charge in [0.25, 0.3) is 0 Å². The molecule has 0 amide bonds. The van der Waals surface area contributed by atoms with E-state index in [2.05, 4.69) is 25.5 Å². The fourth-order valence-corrected chi connectivity index (χ4v) is 3.90. The second-order valence-electron chi connectivity index (χ2n) is 7.07. The van der Waals surface area contributed by atoms with E-state index in [1.807, 2.05) is 12.3 Å². The molecule has 5 nitrogen and oxygen atoms in total. The highest BCUT2D eigenvalue weighted by molar-refractivity contribution is 5.16. The van der Waals surface area contributed by atoms with E-state index in [1.165, 1.54) is 6.07 Å². The predicted molar refractivity (Wildman–Crippen MR) is 93.5 cm³/mol. The van der Waals surface area contributed by atoms with Crippen LogP contribution in [0.25, 0.3) is 0 Å². The molecule has 2 aromatic rings. The highest BCUT2D eigenvalue weighted by Crippen LogP contribution is 2.19. The van der Waals surface area contributed by atoms with Crippen LogP contribution in [-0.2, 0) is 24.4 Å². The Morgan fingerprint density at radius 3 is 2.88 bits per heavy atom. The molecule has 0 radical (unpaired) electrons. The van der Waals surface area contributed by atoms with Crippen molar-refractivity contribution in [3.63, 3.8) is 0 Å². The maximum atomic E-state index is 13.5. The summed E-state index contributed by atoms with van der Waals surface area (Å²) in [4.78, 5) is 9.41. The van der Waals surface area contributed by atoms with Crippen LogP contribution in [0, 0.1) is 11.7 Å². The molecule has 1 fully saturated rings. The molecule has 0 N–H and O–H groups in total. The van der Waals surface area contributed by atoms with E-state index in [-0.39, 0.29) is 5.82 Å². The maximum Gasteiger partial charge on any atom is 0.123 e. The number of hydrogen-bond acceptors (Lipinski definition) is 4. The van der Waals surface area contributed by atoms with Gasteiger partial charge in [-0.15, -0.1) is 0 Å². The van der Waals surface area contributed by atoms with Gasteiger partial charge in [0.1, 0.15) is 11.6 Å². The Kier molecular flexibility index (Phi) is 5.10. The van der Waals surface area contributed by atoms with Gasteiger partial charge in [0.2, 0.25) is 0 Å². The van der Waals surface area contributed by atoms with Crippen molar-refractivity contribution in [1.82, 2.24) is 19.4 Å². The largest absolute Gasteiger partial charge is 0.379 e. The minimum Gasteiger partial charge on any atom is -0.379 e. The smallest absolute Gasteiger partial charge is 0.123 e. The van der Waals surface area contributed by atoms with E-state index in [0.29, 0.717) is 5.92 Å². The molecule has 1 saturated heterocycles. The van der Waals surface area contributed by atoms with Crippen LogP contribution in [-0.4, -0.2) is 58.7 Å². The van der Waals surface area contributed by atoms with Crippen LogP contribution in [0.15, 0.2) is 36.7 Å². The van der Waals surface area contributed by atoms with Gasteiger partial charge in [0.15, 0.2) is 0 Å². The molecule has 2 aliphatic heterocycles. The molecule has 134 valence electrons. The highest BCUT2D eigenvalue weighted by atomic mass is 19.1. The third-order valence-electron chi connectivity index (χ3n) is 5.05. The second kappa shape index (κ2) is 7.64. The van der Waals surface area contributed by atoms with E-state index < -0.39 is 0 Å². The lowest BCUT2D eigenvalue weighted by molar-refractivity contribution is 0.0265. The summed E-state index contributed by atoms with van der Waals surface area (Å²) >= 11 is 0. The number of halogens is 1. The number of rotatable bonds is 4. The number of benzene rings is 1. The molecule has 0 aliphatic carbocycles. The number of nitrogens with zero attached hydrogens (tertiary/aromatic N) is 4. The fourth-order valence-electron chi connectivity index (χ4n) is 3.90. The molecule has 1 aromatic carbocycles. The normalized spacial score (nSPS) is 22.5. The summed E-state index contributed by atoms with van der Waals surface area (Å²) in [6, 6.07) is 6.92. The third kappa shape index (κ3) is 4.26. The highest BCUT2D eigenvalue weighted by Gasteiger charge is 2.25. The van der Waals surface area contributed by atoms with Crippen LogP contribution < -0.4 is 0 Å². The maximum absolute atomic E-state index is 13.5. The molecule has 0 bridgehead atoms. The van der Waals surface area contributed by atoms with Crippen molar-refractivity contribution in [2.75, 3.05) is 39.4 Å². The van der Waals surface area contributed by atoms with Crippen LogP contribution in [0.5, 0.6) is 0 Å². The zero-order valence-corrected chi connectivity index (χ0v) is 14.5. The van der Waals surface area contributed by atoms with E-state index in [9.17, 15) is 4.39 Å². The molecule has 0 spiro atoms. The van der Waals surface area contributed by atoms with Gasteiger partial charge in [-0.05, 0) is 17.7 Å². The van der Waals surface area contributed by atoms with Crippen molar-refractivity contribution >= 4 is 0 Å². The zero-order valence-electron chi connectivity index (χ0n) is 14.5. The molecular weight excluding hydrogens is 319 g/mol. The second-order valence-corrected chi connectivity index (χ2v) is 7.07. The standard InChI is InChI=1S/C19H25FN4O/c20-18-3-1-2-16(10-18)11-23-13-17(12-22-6-8-25-9-7-22)14-24-5-4-21-19(24)15-23/h1-5,10,17H,6-9,11-15H2. The number of hydrogen-bond donors (Lipinski definition) is 0. The molecule has 25 heavy (non-hydrogen) atoms. The summed E-state index contributed by atoms with van der Waals surface area (Å²) in [6.07, 6.45) is 3.96. The van der Waals surface area contributed by atoms with Crippen LogP contribution in [0.1, 0.15) is 11.4 Å². The first kappa shape index (κ1) is 16.7. The summed E-state index contributed by atoms with van der Waals surface area (Å²) < 4.78 is 21.3. The Bertz CT molecular complexity index is 698. The number of imidazole rings is 1. The first-order chi connectivity index (χ1) is 12.3. The number of morpholine rings is 1. The van der Waals surface area contributed by atoms with Gasteiger partial charge in [-0.25, -0.2) is 9.37 Å². The summed E-state index contributed by atoms with van der Waals surface area (Å²) in [7, 11) is 0. The topological polar surface area (TPSA) is 33.5 Å². The summed E-state index contributed by atoms with van der Waals surface area (Å²) in [6.45, 7) is 8.30. The predicted octanol–water partition coefficient (Wildman–Crippen LogP) is 1.99. The molecule has 1 atom stereocenters. The van der Waals surface area contributed by atoms with Crippen molar-refractivity contribution < 1.29 is 9.13 Å². The SMILES string of the molecule is Fc1cccc(CN2Cc3nccn3CC(CN3CCOCC3)C2)c1. The lowest BCUT2D eigenvalue weighted by atomic mass is 10.1. The van der Waals surface area contributed by atoms with E-state index >= 15 is 0 Å². The molecule has 4 rings (SSSR count). The van der Waals surface area contributed by atoms with Crippen LogP contribution in [0.4, 0.5) is 4.39 Å². The first-order valence-electron chi connectivity index (χ1n) is 9.03. The molecular formula is C19H25FN4O. The minimum atomic E-state index is -0.168. The quantitative estimate of drug-likeness (QED) is 0.849. The van der Waals surface area contributed by atoms with Gasteiger partial charge in [-0.1, -0.05) is 12.1 Å². The van der Waals surface area contributed by atoms with Gasteiger partial charge >= 0.3 is 0 Å². The molecule has 0 saturated carbocycles. The summed E-state index contributed by atoms with van der Waals surface area (Å²) in [5, 5.41) is 0. The van der Waals surface area contributed by atoms with Crippen molar-refractivity contribution in [1.29, 1.82) is 0 Å². The van der Waals surface area contributed by atoms with Gasteiger partial charge in [-0.3, -0.25) is 9.80 Å². The summed E-state index contributed by atoms with van der Waals surface area (Å²) in [5.41, 5.74) is 1.02. The zero-order chi connectivity index (χ0) is 17.1. The number of aromatic nitrogens is 2. The van der Waals surface area contributed by atoms with Crippen molar-refractivity contribution in [2.24, 2.45) is 5.92 Å². The fraction of sp³-hybridized carbons (Fsp3) is 0.526. The Hall–Kier alpha value is -1.76. The van der Waals surface area contributed by atoms with Crippen LogP contribution in [0.3, 0.4) is 0 Å². The average Bonchev–Trinajstić information content (AvgIpc) is 2.96. The van der Waals surface area contributed by atoms with Gasteiger partial charge < -0.3 is 9.30 Å². The first-order valence-corrected chi connectivity index (χ1v) is 9.03. The lowest BCUT2D eigenvalue weighted by Crippen LogP contribution is -2.42. The molecule has 1 aromatic heterocycles. The monoisotopic (exact) mass is 344 g/mol. The van der Waals surface area contributed by atoms with Gasteiger partial charge in [0, 0.05) is 57.6 Å². The van der Waals surface area contributed by atoms with Gasteiger partial charge in [-0.2, -0.15) is 0 Å². The molecule has 1 unspecified atom stereocenters. The lowest BCUT2D eigenvalue weighted by Gasteiger charge is -2.31. The minimum absolute atomic E-state index is 0.168. The van der Waals surface area contributed by atoms with E-state index in [0.717, 1.165) is 70.4 Å². The van der Waals surface area contributed by atoms with Gasteiger partial charge in [0.05, 0.1) is 19.8 Å². The van der Waals surface area contributed by atoms with Crippen molar-refractivity contribution in [2.45, 2.75) is 19.6 Å². The molecule has 2 aliphatic rings. The Labute approximate surface area is 148 Å². The van der Waals surface area contributed by atoms with Crippen LogP contribution in [0.2, 0.25) is 0 Å². The Morgan fingerprint density at radius 1 is 1.16 bits per heavy atom. The van der Waals surface area contributed by atoms with Crippen molar-refractivity contribution in [3.8, 4) is 0 Å². The number of ether oxygens (including phenoxy) is 1.